The first-order valence-electron chi connectivity index (χ1n) is 14.8. The van der Waals surface area contributed by atoms with Crippen molar-refractivity contribution in [2.24, 2.45) is 0 Å². The van der Waals surface area contributed by atoms with Crippen molar-refractivity contribution < 1.29 is 36.4 Å². The van der Waals surface area contributed by atoms with Crippen LogP contribution in [0.2, 0.25) is 0 Å². The van der Waals surface area contributed by atoms with E-state index < -0.39 is 17.1 Å². The number of nitrogens with zero attached hydrogens (tertiary/aromatic N) is 1. The molecule has 1 amide bonds. The van der Waals surface area contributed by atoms with E-state index in [1.54, 1.807) is 49.5 Å². The second-order valence-electron chi connectivity index (χ2n) is 11.6. The predicted octanol–water partition coefficient (Wildman–Crippen LogP) is 5.45. The van der Waals surface area contributed by atoms with Crippen molar-refractivity contribution in [2.45, 2.75) is 31.9 Å². The van der Waals surface area contributed by atoms with Gasteiger partial charge in [0, 0.05) is 24.1 Å². The van der Waals surface area contributed by atoms with Gasteiger partial charge in [-0.2, -0.15) is 0 Å². The van der Waals surface area contributed by atoms with Crippen molar-refractivity contribution in [3.8, 4) is 22.8 Å². The van der Waals surface area contributed by atoms with Gasteiger partial charge in [0.1, 0.15) is 28.7 Å². The topological polar surface area (TPSA) is 118 Å². The lowest BCUT2D eigenvalue weighted by atomic mass is 9.79. The summed E-state index contributed by atoms with van der Waals surface area (Å²) >= 11 is 0. The standard InChI is InChI=1S/C34H30BFN2O7S/c1-37-34(39)32-28-16-27(21-4-5-21)30(38(46(2,41)42)18-20-3-14-29-23(15-20)19-43-35(29)40)17-31(28)45-33(32)22-6-10-25(11-7-22)44-26-12-8-24(36)9-13-26/h3,6-17,21,40H,4-5,18-19H2,1-2H3,(H,37,39). The molecule has 2 N–H and O–H groups in total. The fourth-order valence-electron chi connectivity index (χ4n) is 5.88. The molecule has 1 aliphatic carbocycles. The van der Waals surface area contributed by atoms with Crippen LogP contribution < -0.4 is 19.8 Å². The van der Waals surface area contributed by atoms with Gasteiger partial charge in [-0.15, -0.1) is 0 Å². The zero-order valence-electron chi connectivity index (χ0n) is 25.1. The van der Waals surface area contributed by atoms with Gasteiger partial charge >= 0.3 is 7.12 Å². The molecular formula is C34H30BFN2O7S. The van der Waals surface area contributed by atoms with Crippen LogP contribution in [0.1, 0.15) is 45.8 Å². The van der Waals surface area contributed by atoms with Crippen LogP contribution in [0.15, 0.2) is 83.3 Å². The molecule has 234 valence electrons. The summed E-state index contributed by atoms with van der Waals surface area (Å²) in [6, 6.07) is 21.7. The summed E-state index contributed by atoms with van der Waals surface area (Å²) in [7, 11) is -3.19. The molecule has 46 heavy (non-hydrogen) atoms. The number of amides is 1. The SMILES string of the molecule is CNC(=O)c1c(-c2ccc(Oc3ccc(F)cc3)cc2)oc2cc(N(Cc3ccc4c(c3)COB4O)S(C)(=O)=O)c(C3CC3)cc12. The highest BCUT2D eigenvalue weighted by Gasteiger charge is 2.34. The third-order valence-electron chi connectivity index (χ3n) is 8.34. The molecule has 12 heteroatoms. The molecular weight excluding hydrogens is 610 g/mol. The van der Waals surface area contributed by atoms with Crippen molar-refractivity contribution in [1.29, 1.82) is 0 Å². The van der Waals surface area contributed by atoms with E-state index >= 15 is 0 Å². The molecule has 1 fully saturated rings. The number of furan rings is 1. The number of nitrogens with one attached hydrogen (secondary N) is 1. The maximum atomic E-state index is 13.3. The third kappa shape index (κ3) is 5.75. The summed E-state index contributed by atoms with van der Waals surface area (Å²) in [5, 5.41) is 13.3. The quantitative estimate of drug-likeness (QED) is 0.206. The van der Waals surface area contributed by atoms with E-state index in [-0.39, 0.29) is 30.8 Å². The van der Waals surface area contributed by atoms with Crippen LogP contribution in [-0.2, 0) is 27.8 Å². The first-order chi connectivity index (χ1) is 22.1. The maximum Gasteiger partial charge on any atom is 0.491 e. The van der Waals surface area contributed by atoms with Gasteiger partial charge in [-0.3, -0.25) is 9.10 Å². The second-order valence-corrected chi connectivity index (χ2v) is 13.5. The van der Waals surface area contributed by atoms with Crippen molar-refractivity contribution in [3.05, 3.63) is 107 Å². The smallest absolute Gasteiger partial charge is 0.457 e. The second kappa shape index (κ2) is 11.6. The van der Waals surface area contributed by atoms with Crippen LogP contribution in [0, 0.1) is 5.82 Å². The van der Waals surface area contributed by atoms with Crippen LogP contribution in [-0.4, -0.2) is 39.8 Å². The Kier molecular flexibility index (Phi) is 7.58. The minimum absolute atomic E-state index is 0.0683. The molecule has 0 radical (unpaired) electrons. The highest BCUT2D eigenvalue weighted by Crippen LogP contribution is 2.48. The van der Waals surface area contributed by atoms with Gasteiger partial charge in [0.25, 0.3) is 5.91 Å². The van der Waals surface area contributed by atoms with Crippen LogP contribution in [0.25, 0.3) is 22.3 Å². The lowest BCUT2D eigenvalue weighted by Crippen LogP contribution is -2.31. The van der Waals surface area contributed by atoms with Crippen molar-refractivity contribution in [1.82, 2.24) is 5.32 Å². The number of carbonyl (C=O) groups excluding carboxylic acids is 1. The Morgan fingerprint density at radius 2 is 1.74 bits per heavy atom. The monoisotopic (exact) mass is 640 g/mol. The van der Waals surface area contributed by atoms with Gasteiger partial charge in [0.15, 0.2) is 0 Å². The largest absolute Gasteiger partial charge is 0.491 e. The van der Waals surface area contributed by atoms with E-state index in [2.05, 4.69) is 5.32 Å². The molecule has 5 aromatic rings. The third-order valence-corrected chi connectivity index (χ3v) is 9.47. The lowest BCUT2D eigenvalue weighted by Gasteiger charge is -2.25. The number of carbonyl (C=O) groups is 1. The summed E-state index contributed by atoms with van der Waals surface area (Å²) in [5.74, 6) is 0.780. The van der Waals surface area contributed by atoms with Crippen molar-refractivity contribution in [3.63, 3.8) is 0 Å². The van der Waals surface area contributed by atoms with Gasteiger partial charge in [-0.1, -0.05) is 18.2 Å². The van der Waals surface area contributed by atoms with Crippen LogP contribution in [0.4, 0.5) is 10.1 Å². The first kappa shape index (κ1) is 30.0. The Bertz CT molecular complexity index is 2080. The van der Waals surface area contributed by atoms with Crippen LogP contribution in [0.3, 0.4) is 0 Å². The molecule has 1 aliphatic heterocycles. The minimum Gasteiger partial charge on any atom is -0.457 e. The molecule has 2 heterocycles. The maximum absolute atomic E-state index is 13.3. The molecule has 9 nitrogen and oxygen atoms in total. The zero-order chi connectivity index (χ0) is 32.2. The van der Waals surface area contributed by atoms with Crippen LogP contribution >= 0.6 is 0 Å². The summed E-state index contributed by atoms with van der Waals surface area (Å²) in [6.45, 7) is 0.318. The van der Waals surface area contributed by atoms with E-state index in [0.29, 0.717) is 50.5 Å². The number of ether oxygens (including phenoxy) is 1. The van der Waals surface area contributed by atoms with E-state index in [0.717, 1.165) is 29.5 Å². The zero-order valence-corrected chi connectivity index (χ0v) is 25.9. The summed E-state index contributed by atoms with van der Waals surface area (Å²) in [5.41, 5.74) is 4.92. The molecule has 0 bridgehead atoms. The number of hydrogen-bond donors (Lipinski definition) is 2. The molecule has 0 spiro atoms. The highest BCUT2D eigenvalue weighted by molar-refractivity contribution is 7.92. The Balaban J connectivity index is 1.30. The number of hydrogen-bond acceptors (Lipinski definition) is 7. The molecule has 0 unspecified atom stereocenters. The first-order valence-corrected chi connectivity index (χ1v) is 16.7. The van der Waals surface area contributed by atoms with E-state index in [1.165, 1.54) is 34.8 Å². The van der Waals surface area contributed by atoms with Crippen molar-refractivity contribution in [2.75, 3.05) is 17.6 Å². The van der Waals surface area contributed by atoms with E-state index in [1.807, 2.05) is 12.1 Å². The molecule has 2 aliphatic rings. The number of benzene rings is 4. The number of anilines is 1. The van der Waals surface area contributed by atoms with Crippen molar-refractivity contribution >= 4 is 45.2 Å². The summed E-state index contributed by atoms with van der Waals surface area (Å²) in [4.78, 5) is 13.3. The lowest BCUT2D eigenvalue weighted by molar-refractivity contribution is 0.0964. The molecule has 0 saturated heterocycles. The fraction of sp³-hybridized carbons (Fsp3) is 0.206. The Labute approximate surface area is 265 Å². The summed E-state index contributed by atoms with van der Waals surface area (Å²) < 4.78 is 58.8. The molecule has 1 saturated carbocycles. The average Bonchev–Trinajstić information content (AvgIpc) is 3.73. The van der Waals surface area contributed by atoms with Gasteiger partial charge < -0.3 is 24.1 Å². The Morgan fingerprint density at radius 1 is 1.04 bits per heavy atom. The number of sulfonamides is 1. The summed E-state index contributed by atoms with van der Waals surface area (Å²) in [6.07, 6.45) is 2.98. The minimum atomic E-state index is -3.75. The number of halogens is 1. The van der Waals surface area contributed by atoms with E-state index in [9.17, 15) is 22.6 Å². The van der Waals surface area contributed by atoms with Gasteiger partial charge in [-0.25, -0.2) is 12.8 Å². The average molecular weight is 640 g/mol. The highest BCUT2D eigenvalue weighted by atomic mass is 32.2. The normalized spacial score (nSPS) is 14.4. The van der Waals surface area contributed by atoms with Crippen LogP contribution in [0.5, 0.6) is 11.5 Å². The number of fused-ring (bicyclic) bond motifs is 2. The molecule has 7 rings (SSSR count). The molecule has 0 atom stereocenters. The Morgan fingerprint density at radius 3 is 2.39 bits per heavy atom. The van der Waals surface area contributed by atoms with Gasteiger partial charge in [-0.05, 0) is 95.5 Å². The Hall–Kier alpha value is -4.65. The predicted molar refractivity (Wildman–Crippen MR) is 173 cm³/mol. The van der Waals surface area contributed by atoms with E-state index in [4.69, 9.17) is 13.8 Å². The fourth-order valence-corrected chi connectivity index (χ4v) is 6.78. The van der Waals surface area contributed by atoms with Gasteiger partial charge in [0.05, 0.1) is 30.7 Å². The van der Waals surface area contributed by atoms with Gasteiger partial charge in [0.2, 0.25) is 10.0 Å². The number of rotatable bonds is 9. The molecule has 4 aromatic carbocycles. The molecule has 1 aromatic heterocycles.